The van der Waals surface area contributed by atoms with Crippen molar-refractivity contribution in [1.82, 2.24) is 14.5 Å². The lowest BCUT2D eigenvalue weighted by Crippen LogP contribution is -2.35. The van der Waals surface area contributed by atoms with E-state index < -0.39 is 12.7 Å². The van der Waals surface area contributed by atoms with Gasteiger partial charge in [0, 0.05) is 30.7 Å². The van der Waals surface area contributed by atoms with Crippen LogP contribution < -0.4 is 5.32 Å². The molecule has 1 heterocycles. The van der Waals surface area contributed by atoms with Crippen LogP contribution in [0.3, 0.4) is 0 Å². The lowest BCUT2D eigenvalue weighted by atomic mass is 10.3. The minimum Gasteiger partial charge on any atom is -0.374 e. The molecule has 0 amide bonds. The molecular formula is C11H17F3N4S. The van der Waals surface area contributed by atoms with Gasteiger partial charge in [-0.3, -0.25) is 4.90 Å². The summed E-state index contributed by atoms with van der Waals surface area (Å²) in [4.78, 5) is 1.45. The minimum absolute atomic E-state index is 0.0438. The number of rotatable bonds is 7. The zero-order valence-electron chi connectivity index (χ0n) is 10.7. The van der Waals surface area contributed by atoms with Crippen molar-refractivity contribution in [3.05, 3.63) is 5.69 Å². The Hall–Kier alpha value is -0.890. The number of nitrogens with one attached hydrogen (secondary N) is 1. The van der Waals surface area contributed by atoms with Gasteiger partial charge in [-0.2, -0.15) is 13.2 Å². The second kappa shape index (κ2) is 6.04. The van der Waals surface area contributed by atoms with E-state index in [0.717, 1.165) is 30.8 Å². The smallest absolute Gasteiger partial charge is 0.374 e. The molecule has 1 aromatic heterocycles. The van der Waals surface area contributed by atoms with E-state index in [1.54, 1.807) is 0 Å². The van der Waals surface area contributed by atoms with Gasteiger partial charge >= 0.3 is 6.18 Å². The second-order valence-electron chi connectivity index (χ2n) is 4.73. The van der Waals surface area contributed by atoms with Crippen LogP contribution in [0.25, 0.3) is 0 Å². The van der Waals surface area contributed by atoms with Gasteiger partial charge in [0.15, 0.2) is 0 Å². The van der Waals surface area contributed by atoms with E-state index in [1.165, 1.54) is 16.4 Å². The Morgan fingerprint density at radius 2 is 2.16 bits per heavy atom. The van der Waals surface area contributed by atoms with E-state index in [-0.39, 0.29) is 12.6 Å². The van der Waals surface area contributed by atoms with Gasteiger partial charge in [-0.15, -0.1) is 5.10 Å². The van der Waals surface area contributed by atoms with Crippen LogP contribution in [0.5, 0.6) is 0 Å². The first-order valence-corrected chi connectivity index (χ1v) is 7.13. The summed E-state index contributed by atoms with van der Waals surface area (Å²) < 4.78 is 41.4. The van der Waals surface area contributed by atoms with Crippen LogP contribution in [-0.2, 0) is 6.54 Å². The molecular weight excluding hydrogens is 277 g/mol. The highest BCUT2D eigenvalue weighted by molar-refractivity contribution is 7.10. The number of halogens is 3. The van der Waals surface area contributed by atoms with E-state index >= 15 is 0 Å². The average molecular weight is 294 g/mol. The van der Waals surface area contributed by atoms with Crippen molar-refractivity contribution in [2.75, 3.05) is 18.4 Å². The van der Waals surface area contributed by atoms with Gasteiger partial charge in [-0.05, 0) is 19.3 Å². The summed E-state index contributed by atoms with van der Waals surface area (Å²) in [6.07, 6.45) is -1.54. The zero-order valence-corrected chi connectivity index (χ0v) is 11.5. The molecule has 1 aliphatic rings. The second-order valence-corrected chi connectivity index (χ2v) is 5.48. The molecule has 1 aromatic rings. The van der Waals surface area contributed by atoms with Crippen LogP contribution in [0.4, 0.5) is 18.2 Å². The van der Waals surface area contributed by atoms with Crippen molar-refractivity contribution in [2.45, 2.75) is 44.9 Å². The van der Waals surface area contributed by atoms with E-state index in [1.807, 2.05) is 6.92 Å². The maximum absolute atomic E-state index is 12.5. The van der Waals surface area contributed by atoms with Crippen LogP contribution in [0.15, 0.2) is 0 Å². The molecule has 0 aromatic carbocycles. The molecule has 4 nitrogen and oxygen atoms in total. The van der Waals surface area contributed by atoms with Crippen molar-refractivity contribution in [3.63, 3.8) is 0 Å². The molecule has 1 aliphatic carbocycles. The van der Waals surface area contributed by atoms with Crippen LogP contribution in [0.1, 0.15) is 31.9 Å². The molecule has 1 fully saturated rings. The Bertz CT molecular complexity index is 403. The lowest BCUT2D eigenvalue weighted by molar-refractivity contribution is -0.148. The molecule has 0 saturated heterocycles. The number of anilines is 1. The molecule has 0 atom stereocenters. The highest BCUT2D eigenvalue weighted by atomic mass is 32.1. The predicted molar refractivity (Wildman–Crippen MR) is 68.2 cm³/mol. The molecule has 2 rings (SSSR count). The number of alkyl halides is 3. The molecule has 8 heteroatoms. The van der Waals surface area contributed by atoms with Crippen LogP contribution >= 0.6 is 11.5 Å². The van der Waals surface area contributed by atoms with Gasteiger partial charge in [0.25, 0.3) is 0 Å². The quantitative estimate of drug-likeness (QED) is 0.839. The first-order chi connectivity index (χ1) is 8.99. The van der Waals surface area contributed by atoms with E-state index in [9.17, 15) is 13.2 Å². The maximum Gasteiger partial charge on any atom is 0.401 e. The highest BCUT2D eigenvalue weighted by Gasteiger charge is 2.38. The summed E-state index contributed by atoms with van der Waals surface area (Å²) in [6, 6.07) is 0.0438. The molecule has 0 bridgehead atoms. The molecule has 0 aliphatic heterocycles. The van der Waals surface area contributed by atoms with Gasteiger partial charge in [-0.1, -0.05) is 11.4 Å². The number of aromatic nitrogens is 2. The average Bonchev–Trinajstić information content (AvgIpc) is 3.07. The molecule has 0 unspecified atom stereocenters. The molecule has 108 valence electrons. The number of hydrogen-bond donors (Lipinski definition) is 1. The standard InChI is InChI=1S/C11H17F3N4S/c1-2-5-15-10-9(16-17-19-10)6-18(8-3-4-8)7-11(12,13)14/h8,15H,2-7H2,1H3. The number of hydrogen-bond acceptors (Lipinski definition) is 5. The first-order valence-electron chi connectivity index (χ1n) is 6.35. The fourth-order valence-electron chi connectivity index (χ4n) is 1.86. The van der Waals surface area contributed by atoms with Crippen LogP contribution in [-0.4, -0.2) is 39.8 Å². The van der Waals surface area contributed by atoms with E-state index in [0.29, 0.717) is 5.69 Å². The van der Waals surface area contributed by atoms with Gasteiger partial charge in [0.2, 0.25) is 0 Å². The van der Waals surface area contributed by atoms with Gasteiger partial charge in [0.05, 0.1) is 6.54 Å². The monoisotopic (exact) mass is 294 g/mol. The van der Waals surface area contributed by atoms with Crippen molar-refractivity contribution < 1.29 is 13.2 Å². The highest BCUT2D eigenvalue weighted by Crippen LogP contribution is 2.32. The fraction of sp³-hybridized carbons (Fsp3) is 0.818. The minimum atomic E-state index is -4.16. The molecule has 0 spiro atoms. The number of nitrogens with zero attached hydrogens (tertiary/aromatic N) is 3. The third kappa shape index (κ3) is 4.61. The van der Waals surface area contributed by atoms with Crippen molar-refractivity contribution in [2.24, 2.45) is 0 Å². The SMILES string of the molecule is CCCNc1snnc1CN(CC(F)(F)F)C1CC1. The van der Waals surface area contributed by atoms with E-state index in [4.69, 9.17) is 0 Å². The van der Waals surface area contributed by atoms with Gasteiger partial charge in [-0.25, -0.2) is 0 Å². The summed E-state index contributed by atoms with van der Waals surface area (Å²) in [5.41, 5.74) is 0.620. The van der Waals surface area contributed by atoms with Crippen molar-refractivity contribution >= 4 is 16.5 Å². The summed E-state index contributed by atoms with van der Waals surface area (Å²) >= 11 is 1.20. The topological polar surface area (TPSA) is 41.1 Å². The molecule has 0 radical (unpaired) electrons. The van der Waals surface area contributed by atoms with Gasteiger partial charge < -0.3 is 5.32 Å². The predicted octanol–water partition coefficient (Wildman–Crippen LogP) is 2.89. The summed E-state index contributed by atoms with van der Waals surface area (Å²) in [6.45, 7) is 2.15. The Labute approximate surface area is 114 Å². The maximum atomic E-state index is 12.5. The van der Waals surface area contributed by atoms with Crippen molar-refractivity contribution in [3.8, 4) is 0 Å². The van der Waals surface area contributed by atoms with Crippen molar-refractivity contribution in [1.29, 1.82) is 0 Å². The van der Waals surface area contributed by atoms with Gasteiger partial charge in [0.1, 0.15) is 10.7 Å². The first kappa shape index (κ1) is 14.5. The van der Waals surface area contributed by atoms with Crippen LogP contribution in [0, 0.1) is 0 Å². The summed E-state index contributed by atoms with van der Waals surface area (Å²) in [5, 5.41) is 7.89. The Morgan fingerprint density at radius 3 is 2.74 bits per heavy atom. The largest absolute Gasteiger partial charge is 0.401 e. The summed E-state index contributed by atoms with van der Waals surface area (Å²) in [7, 11) is 0. The normalized spacial score (nSPS) is 16.1. The lowest BCUT2D eigenvalue weighted by Gasteiger charge is -2.22. The van der Waals surface area contributed by atoms with Crippen LogP contribution in [0.2, 0.25) is 0 Å². The molecule has 19 heavy (non-hydrogen) atoms. The third-order valence-corrected chi connectivity index (χ3v) is 3.62. The fourth-order valence-corrected chi connectivity index (χ4v) is 2.46. The Morgan fingerprint density at radius 1 is 1.42 bits per heavy atom. The summed E-state index contributed by atoms with van der Waals surface area (Å²) in [5.74, 6) is 0. The molecule has 1 N–H and O–H groups in total. The third-order valence-electron chi connectivity index (χ3n) is 2.89. The molecule has 1 saturated carbocycles. The Balaban J connectivity index is 1.98. The van der Waals surface area contributed by atoms with E-state index in [2.05, 4.69) is 14.9 Å². The zero-order chi connectivity index (χ0) is 13.9. The Kier molecular flexibility index (Phi) is 4.62.